The van der Waals surface area contributed by atoms with Crippen LogP contribution in [-0.2, 0) is 11.2 Å². The molecule has 0 heterocycles. The van der Waals surface area contributed by atoms with Crippen LogP contribution in [0.3, 0.4) is 0 Å². The predicted octanol–water partition coefficient (Wildman–Crippen LogP) is 2.12. The van der Waals surface area contributed by atoms with E-state index in [1.165, 1.54) is 0 Å². The van der Waals surface area contributed by atoms with Gasteiger partial charge >= 0.3 is 5.97 Å². The molecule has 19 heavy (non-hydrogen) atoms. The summed E-state index contributed by atoms with van der Waals surface area (Å²) in [5, 5.41) is 9.26. The molecule has 1 N–H and O–H groups in total. The molecule has 104 valence electrons. The van der Waals surface area contributed by atoms with Crippen molar-refractivity contribution in [2.24, 2.45) is 5.41 Å². The molecule has 1 aliphatic rings. The lowest BCUT2D eigenvalue weighted by molar-refractivity contribution is -0.143. The van der Waals surface area contributed by atoms with Gasteiger partial charge in [-0.05, 0) is 30.9 Å². The fourth-order valence-corrected chi connectivity index (χ4v) is 2.21. The molecule has 0 bridgehead atoms. The summed E-state index contributed by atoms with van der Waals surface area (Å²) in [6.07, 6.45) is 1.87. The Morgan fingerprint density at radius 2 is 1.63 bits per heavy atom. The molecular formula is C14H18O5. The minimum atomic E-state index is -0.746. The second-order valence-corrected chi connectivity index (χ2v) is 4.78. The summed E-state index contributed by atoms with van der Waals surface area (Å²) in [5.74, 6) is 1.04. The first-order chi connectivity index (χ1) is 9.06. The van der Waals surface area contributed by atoms with Crippen molar-refractivity contribution in [3.8, 4) is 17.2 Å². The minimum Gasteiger partial charge on any atom is -0.496 e. The molecule has 0 spiro atoms. The van der Waals surface area contributed by atoms with Crippen LogP contribution in [0, 0.1) is 5.41 Å². The number of hydrogen-bond acceptors (Lipinski definition) is 4. The highest BCUT2D eigenvalue weighted by Crippen LogP contribution is 2.50. The summed E-state index contributed by atoms with van der Waals surface area (Å²) in [6, 6.07) is 3.52. The van der Waals surface area contributed by atoms with Crippen LogP contribution in [0.5, 0.6) is 17.2 Å². The highest BCUT2D eigenvalue weighted by atomic mass is 16.5. The van der Waals surface area contributed by atoms with Gasteiger partial charge in [0.15, 0.2) is 11.5 Å². The summed E-state index contributed by atoms with van der Waals surface area (Å²) < 4.78 is 15.8. The average molecular weight is 266 g/mol. The summed E-state index contributed by atoms with van der Waals surface area (Å²) in [7, 11) is 4.67. The standard InChI is InChI=1S/C14H18O5/c1-17-10-7-12(19-3)11(18-2)6-9(10)8-14(4-5-14)13(15)16/h6-7H,4-5,8H2,1-3H3,(H,15,16). The van der Waals surface area contributed by atoms with Crippen LogP contribution in [0.4, 0.5) is 0 Å². The first-order valence-corrected chi connectivity index (χ1v) is 6.08. The quantitative estimate of drug-likeness (QED) is 0.854. The van der Waals surface area contributed by atoms with Crippen LogP contribution < -0.4 is 14.2 Å². The van der Waals surface area contributed by atoms with Crippen molar-refractivity contribution in [3.05, 3.63) is 17.7 Å². The Kier molecular flexibility index (Phi) is 3.55. The number of rotatable bonds is 6. The maximum atomic E-state index is 11.3. The number of benzene rings is 1. The molecule has 0 aliphatic heterocycles. The smallest absolute Gasteiger partial charge is 0.309 e. The van der Waals surface area contributed by atoms with Gasteiger partial charge in [0.2, 0.25) is 0 Å². The molecule has 0 amide bonds. The van der Waals surface area contributed by atoms with Crippen LogP contribution in [0.2, 0.25) is 0 Å². The Labute approximate surface area is 112 Å². The molecule has 0 radical (unpaired) electrons. The second-order valence-electron chi connectivity index (χ2n) is 4.78. The molecule has 0 saturated heterocycles. The molecule has 0 atom stereocenters. The van der Waals surface area contributed by atoms with Crippen LogP contribution >= 0.6 is 0 Å². The number of carbonyl (C=O) groups is 1. The molecule has 0 aromatic heterocycles. The van der Waals surface area contributed by atoms with E-state index in [0.29, 0.717) is 36.5 Å². The van der Waals surface area contributed by atoms with Gasteiger partial charge in [0.1, 0.15) is 5.75 Å². The van der Waals surface area contributed by atoms with Crippen molar-refractivity contribution in [1.82, 2.24) is 0 Å². The Hall–Kier alpha value is -1.91. The van der Waals surface area contributed by atoms with Crippen molar-refractivity contribution >= 4 is 5.97 Å². The Bertz CT molecular complexity index is 491. The SMILES string of the molecule is COc1cc(OC)c(OC)cc1CC1(C(=O)O)CC1. The Morgan fingerprint density at radius 3 is 2.05 bits per heavy atom. The zero-order valence-corrected chi connectivity index (χ0v) is 11.4. The van der Waals surface area contributed by atoms with E-state index in [1.807, 2.05) is 0 Å². The van der Waals surface area contributed by atoms with Gasteiger partial charge in [-0.3, -0.25) is 4.79 Å². The molecule has 1 saturated carbocycles. The fourth-order valence-electron chi connectivity index (χ4n) is 2.21. The average Bonchev–Trinajstić information content (AvgIpc) is 3.19. The Morgan fingerprint density at radius 1 is 1.11 bits per heavy atom. The third-order valence-electron chi connectivity index (χ3n) is 3.62. The summed E-state index contributed by atoms with van der Waals surface area (Å²) >= 11 is 0. The van der Waals surface area contributed by atoms with Gasteiger partial charge in [0, 0.05) is 6.07 Å². The highest BCUT2D eigenvalue weighted by Gasteiger charge is 2.50. The first-order valence-electron chi connectivity index (χ1n) is 6.08. The van der Waals surface area contributed by atoms with E-state index < -0.39 is 11.4 Å². The topological polar surface area (TPSA) is 65.0 Å². The molecular weight excluding hydrogens is 248 g/mol. The number of hydrogen-bond donors (Lipinski definition) is 1. The van der Waals surface area contributed by atoms with Crippen molar-refractivity contribution in [3.63, 3.8) is 0 Å². The predicted molar refractivity (Wildman–Crippen MR) is 69.1 cm³/mol. The summed E-state index contributed by atoms with van der Waals surface area (Å²) in [5.41, 5.74) is 0.201. The Balaban J connectivity index is 2.36. The third-order valence-corrected chi connectivity index (χ3v) is 3.62. The lowest BCUT2D eigenvalue weighted by Crippen LogP contribution is -2.18. The van der Waals surface area contributed by atoms with E-state index in [4.69, 9.17) is 14.2 Å². The molecule has 5 heteroatoms. The second kappa shape index (κ2) is 4.99. The zero-order chi connectivity index (χ0) is 14.0. The lowest BCUT2D eigenvalue weighted by atomic mass is 9.95. The molecule has 2 rings (SSSR count). The van der Waals surface area contributed by atoms with E-state index in [-0.39, 0.29) is 0 Å². The summed E-state index contributed by atoms with van der Waals surface area (Å²) in [4.78, 5) is 11.3. The summed E-state index contributed by atoms with van der Waals surface area (Å²) in [6.45, 7) is 0. The first kappa shape index (κ1) is 13.5. The van der Waals surface area contributed by atoms with Crippen LogP contribution in [0.15, 0.2) is 12.1 Å². The highest BCUT2D eigenvalue weighted by molar-refractivity contribution is 5.78. The maximum Gasteiger partial charge on any atom is 0.309 e. The van der Waals surface area contributed by atoms with E-state index >= 15 is 0 Å². The largest absolute Gasteiger partial charge is 0.496 e. The van der Waals surface area contributed by atoms with E-state index in [9.17, 15) is 9.90 Å². The molecule has 5 nitrogen and oxygen atoms in total. The van der Waals surface area contributed by atoms with Gasteiger partial charge in [-0.2, -0.15) is 0 Å². The van der Waals surface area contributed by atoms with Crippen LogP contribution in [-0.4, -0.2) is 32.4 Å². The van der Waals surface area contributed by atoms with E-state index in [0.717, 1.165) is 5.56 Å². The van der Waals surface area contributed by atoms with Gasteiger partial charge in [0.25, 0.3) is 0 Å². The molecule has 1 aromatic rings. The van der Waals surface area contributed by atoms with Crippen LogP contribution in [0.1, 0.15) is 18.4 Å². The number of ether oxygens (including phenoxy) is 3. The minimum absolute atomic E-state index is 0.450. The molecule has 1 fully saturated rings. The van der Waals surface area contributed by atoms with Crippen molar-refractivity contribution in [1.29, 1.82) is 0 Å². The number of carboxylic acid groups (broad SMARTS) is 1. The monoisotopic (exact) mass is 266 g/mol. The van der Waals surface area contributed by atoms with Gasteiger partial charge in [-0.1, -0.05) is 0 Å². The van der Waals surface area contributed by atoms with Crippen molar-refractivity contribution < 1.29 is 24.1 Å². The van der Waals surface area contributed by atoms with E-state index in [2.05, 4.69) is 0 Å². The fraction of sp³-hybridized carbons (Fsp3) is 0.500. The normalized spacial score (nSPS) is 15.7. The lowest BCUT2D eigenvalue weighted by Gasteiger charge is -2.16. The number of aliphatic carboxylic acids is 1. The van der Waals surface area contributed by atoms with Crippen LogP contribution in [0.25, 0.3) is 0 Å². The van der Waals surface area contributed by atoms with Gasteiger partial charge in [-0.15, -0.1) is 0 Å². The van der Waals surface area contributed by atoms with Gasteiger partial charge in [-0.25, -0.2) is 0 Å². The number of carboxylic acids is 1. The van der Waals surface area contributed by atoms with Gasteiger partial charge < -0.3 is 19.3 Å². The van der Waals surface area contributed by atoms with Crippen molar-refractivity contribution in [2.75, 3.05) is 21.3 Å². The zero-order valence-electron chi connectivity index (χ0n) is 11.4. The third kappa shape index (κ3) is 2.45. The van der Waals surface area contributed by atoms with Gasteiger partial charge in [0.05, 0.1) is 26.7 Å². The molecule has 1 aromatic carbocycles. The molecule has 0 unspecified atom stereocenters. The van der Waals surface area contributed by atoms with Crippen molar-refractivity contribution in [2.45, 2.75) is 19.3 Å². The number of methoxy groups -OCH3 is 3. The van der Waals surface area contributed by atoms with E-state index in [1.54, 1.807) is 33.5 Å². The molecule has 1 aliphatic carbocycles. The maximum absolute atomic E-state index is 11.3.